The number of aromatic hydroxyl groups is 1. The van der Waals surface area contributed by atoms with Crippen LogP contribution in [0, 0.1) is 0 Å². The average molecular weight is 639 g/mol. The molecule has 2 aromatic heterocycles. The zero-order valence-corrected chi connectivity index (χ0v) is 25.6. The number of rotatable bonds is 8. The highest BCUT2D eigenvalue weighted by molar-refractivity contribution is 6.16. The van der Waals surface area contributed by atoms with E-state index in [4.69, 9.17) is 30.3 Å². The second-order valence-electron chi connectivity index (χ2n) is 9.56. The molecule has 0 saturated carbocycles. The summed E-state index contributed by atoms with van der Waals surface area (Å²) in [5.74, 6) is 0.834. The van der Waals surface area contributed by atoms with Gasteiger partial charge in [-0.25, -0.2) is 9.59 Å². The van der Waals surface area contributed by atoms with Gasteiger partial charge < -0.3 is 28.5 Å². The van der Waals surface area contributed by atoms with E-state index in [2.05, 4.69) is 4.74 Å². The van der Waals surface area contributed by atoms with Crippen LogP contribution in [0.3, 0.4) is 0 Å². The lowest BCUT2D eigenvalue weighted by molar-refractivity contribution is 0.0562. The number of carbonyl (C=O) groups is 2. The summed E-state index contributed by atoms with van der Waals surface area (Å²) in [5.41, 5.74) is 4.34. The van der Waals surface area contributed by atoms with Crippen molar-refractivity contribution in [1.82, 2.24) is 0 Å². The maximum absolute atomic E-state index is 10.8. The highest BCUT2D eigenvalue weighted by Gasteiger charge is 2.10. The molecule has 2 N–H and O–H groups in total. The summed E-state index contributed by atoms with van der Waals surface area (Å²) in [7, 11) is 1.30. The van der Waals surface area contributed by atoms with E-state index >= 15 is 0 Å². The van der Waals surface area contributed by atoms with E-state index in [9.17, 15) is 14.7 Å². The van der Waals surface area contributed by atoms with Crippen LogP contribution in [-0.2, 0) is 17.2 Å². The predicted octanol–water partition coefficient (Wildman–Crippen LogP) is 9.09. The van der Waals surface area contributed by atoms with Crippen molar-refractivity contribution >= 4 is 23.5 Å². The molecule has 234 valence electrons. The van der Waals surface area contributed by atoms with Crippen molar-refractivity contribution in [3.8, 4) is 33.8 Å². The Hall–Kier alpha value is -5.73. The summed E-state index contributed by atoms with van der Waals surface area (Å²) in [6.07, 6.45) is 0. The lowest BCUT2D eigenvalue weighted by atomic mass is 10.1. The molecule has 46 heavy (non-hydrogen) atoms. The van der Waals surface area contributed by atoms with Crippen LogP contribution in [0.15, 0.2) is 142 Å². The first-order valence-electron chi connectivity index (χ1n) is 14.0. The van der Waals surface area contributed by atoms with Gasteiger partial charge in [-0.1, -0.05) is 84.9 Å². The summed E-state index contributed by atoms with van der Waals surface area (Å²) in [4.78, 5) is 21.5. The van der Waals surface area contributed by atoms with Crippen molar-refractivity contribution in [1.29, 1.82) is 0 Å². The first-order chi connectivity index (χ1) is 22.4. The van der Waals surface area contributed by atoms with Crippen LogP contribution in [0.2, 0.25) is 0 Å². The van der Waals surface area contributed by atoms with Crippen molar-refractivity contribution in [3.05, 3.63) is 157 Å². The number of halogens is 1. The van der Waals surface area contributed by atoms with E-state index in [1.807, 2.05) is 97.1 Å². The lowest BCUT2D eigenvalue weighted by Gasteiger charge is -2.07. The maximum Gasteiger partial charge on any atom is 0.373 e. The number of carboxylic acid groups (broad SMARTS) is 1. The molecule has 8 nitrogen and oxygen atoms in total. The van der Waals surface area contributed by atoms with Gasteiger partial charge in [0.2, 0.25) is 11.5 Å². The zero-order valence-electron chi connectivity index (χ0n) is 24.8. The van der Waals surface area contributed by atoms with Gasteiger partial charge in [0.1, 0.15) is 29.6 Å². The van der Waals surface area contributed by atoms with Crippen LogP contribution in [0.5, 0.6) is 11.5 Å². The number of carboxylic acids is 1. The standard InChI is InChI=1S/C18H14O4.C12H10O.C7H7ClO3/c19-18(20)17-10-9-16(22-17)12-21-15-8-4-7-14(11-15)13-5-2-1-3-6-13;13-12-8-4-7-11(9-12)10-5-2-1-3-6-10;1-10-7(9)6-3-2-5(4-8)11-6/h1-11H,12H2,(H,19,20);1-9,13H;2-3H,4H2,1H3. The third kappa shape index (κ3) is 9.90. The van der Waals surface area contributed by atoms with Crippen molar-refractivity contribution in [2.45, 2.75) is 12.5 Å². The van der Waals surface area contributed by atoms with E-state index in [1.165, 1.54) is 19.2 Å². The topological polar surface area (TPSA) is 119 Å². The fraction of sp³-hybridized carbons (Fsp3) is 0.0811. The molecule has 0 atom stereocenters. The average Bonchev–Trinajstić information content (AvgIpc) is 3.79. The van der Waals surface area contributed by atoms with Crippen LogP contribution in [0.25, 0.3) is 22.3 Å². The fourth-order valence-corrected chi connectivity index (χ4v) is 4.24. The number of alkyl halides is 1. The summed E-state index contributed by atoms with van der Waals surface area (Å²) >= 11 is 5.44. The SMILES string of the molecule is COC(=O)c1ccc(CCl)o1.O=C(O)c1ccc(COc2cccc(-c3ccccc3)c2)o1.Oc1cccc(-c2ccccc2)c1. The van der Waals surface area contributed by atoms with E-state index < -0.39 is 11.9 Å². The Bertz CT molecular complexity index is 1830. The monoisotopic (exact) mass is 638 g/mol. The maximum atomic E-state index is 10.8. The Balaban J connectivity index is 0.000000170. The number of aromatic carboxylic acids is 1. The van der Waals surface area contributed by atoms with E-state index in [1.54, 1.807) is 24.3 Å². The molecule has 0 saturated heterocycles. The van der Waals surface area contributed by atoms with Crippen LogP contribution in [-0.4, -0.2) is 29.3 Å². The van der Waals surface area contributed by atoms with Crippen LogP contribution in [0.4, 0.5) is 0 Å². The van der Waals surface area contributed by atoms with Gasteiger partial charge in [-0.3, -0.25) is 0 Å². The van der Waals surface area contributed by atoms with Crippen molar-refractivity contribution in [3.63, 3.8) is 0 Å². The number of carbonyl (C=O) groups excluding carboxylic acids is 1. The van der Waals surface area contributed by atoms with Gasteiger partial charge in [-0.05, 0) is 70.8 Å². The smallest absolute Gasteiger partial charge is 0.373 e. The number of phenolic OH excluding ortho intramolecular Hbond substituents is 1. The Kier molecular flexibility index (Phi) is 12.2. The van der Waals surface area contributed by atoms with E-state index in [-0.39, 0.29) is 24.0 Å². The number of hydrogen-bond acceptors (Lipinski definition) is 7. The molecule has 0 amide bonds. The summed E-state index contributed by atoms with van der Waals surface area (Å²) in [5, 5.41) is 18.1. The Morgan fingerprint density at radius 2 is 1.20 bits per heavy atom. The molecule has 6 aromatic rings. The van der Waals surface area contributed by atoms with Gasteiger partial charge in [0, 0.05) is 0 Å². The third-order valence-electron chi connectivity index (χ3n) is 6.33. The normalized spacial score (nSPS) is 10.0. The van der Waals surface area contributed by atoms with Crippen molar-refractivity contribution in [2.75, 3.05) is 7.11 Å². The van der Waals surface area contributed by atoms with Crippen LogP contribution >= 0.6 is 11.6 Å². The second-order valence-corrected chi connectivity index (χ2v) is 9.83. The molecule has 0 unspecified atom stereocenters. The molecule has 0 bridgehead atoms. The molecule has 4 aromatic carbocycles. The number of ether oxygens (including phenoxy) is 2. The summed E-state index contributed by atoms with van der Waals surface area (Å²) in [6.45, 7) is 0.186. The second kappa shape index (κ2) is 16.9. The molecule has 0 aliphatic heterocycles. The van der Waals surface area contributed by atoms with E-state index in [0.717, 1.165) is 22.3 Å². The minimum atomic E-state index is -1.09. The first-order valence-corrected chi connectivity index (χ1v) is 14.6. The minimum absolute atomic E-state index is 0.0864. The van der Waals surface area contributed by atoms with Gasteiger partial charge in [-0.2, -0.15) is 0 Å². The lowest BCUT2D eigenvalue weighted by Crippen LogP contribution is -1.98. The van der Waals surface area contributed by atoms with Crippen LogP contribution < -0.4 is 4.74 Å². The largest absolute Gasteiger partial charge is 0.508 e. The Morgan fingerprint density at radius 3 is 1.74 bits per heavy atom. The molecule has 0 fully saturated rings. The minimum Gasteiger partial charge on any atom is -0.508 e. The van der Waals surface area contributed by atoms with Crippen molar-refractivity contribution < 1.29 is 38.1 Å². The number of furan rings is 2. The van der Waals surface area contributed by atoms with Gasteiger partial charge in [-0.15, -0.1) is 11.6 Å². The molecule has 0 aliphatic carbocycles. The molecule has 6 rings (SSSR count). The molecule has 9 heteroatoms. The van der Waals surface area contributed by atoms with Gasteiger partial charge in [0.25, 0.3) is 0 Å². The molecule has 2 heterocycles. The molecular formula is C37H31ClO8. The molecule has 0 aliphatic rings. The number of benzene rings is 4. The highest BCUT2D eigenvalue weighted by Crippen LogP contribution is 2.25. The summed E-state index contributed by atoms with van der Waals surface area (Å²) in [6, 6.07) is 41.2. The van der Waals surface area contributed by atoms with Gasteiger partial charge >= 0.3 is 11.9 Å². The Labute approximate surface area is 271 Å². The predicted molar refractivity (Wildman–Crippen MR) is 175 cm³/mol. The van der Waals surface area contributed by atoms with Gasteiger partial charge in [0.15, 0.2) is 0 Å². The summed E-state index contributed by atoms with van der Waals surface area (Å²) < 4.78 is 20.2. The van der Waals surface area contributed by atoms with Crippen LogP contribution in [0.1, 0.15) is 32.6 Å². The first kappa shape index (κ1) is 33.2. The molecule has 0 radical (unpaired) electrons. The van der Waals surface area contributed by atoms with E-state index in [0.29, 0.717) is 23.0 Å². The Morgan fingerprint density at radius 1 is 0.652 bits per heavy atom. The number of phenols is 1. The number of methoxy groups -OCH3 is 1. The fourth-order valence-electron chi connectivity index (χ4n) is 4.10. The molecular weight excluding hydrogens is 608 g/mol. The highest BCUT2D eigenvalue weighted by atomic mass is 35.5. The van der Waals surface area contributed by atoms with Gasteiger partial charge in [0.05, 0.1) is 13.0 Å². The number of hydrogen-bond donors (Lipinski definition) is 2. The molecule has 0 spiro atoms. The zero-order chi connectivity index (χ0) is 32.7. The quantitative estimate of drug-likeness (QED) is 0.125. The van der Waals surface area contributed by atoms with Crippen molar-refractivity contribution in [2.24, 2.45) is 0 Å². The third-order valence-corrected chi connectivity index (χ3v) is 6.59. The number of esters is 1.